The fourth-order valence-corrected chi connectivity index (χ4v) is 7.24. The number of fused-ring (bicyclic) bond motifs is 6. The number of hydrogen-bond donors (Lipinski definition) is 2. The van der Waals surface area contributed by atoms with Crippen LogP contribution in [0.3, 0.4) is 0 Å². The number of aryl methyl sites for hydroxylation is 1. The first-order valence-electron chi connectivity index (χ1n) is 16.2. The largest absolute Gasteiger partial charge is 0.394 e. The van der Waals surface area contributed by atoms with Crippen molar-refractivity contribution in [2.45, 2.75) is 88.3 Å². The van der Waals surface area contributed by atoms with Crippen molar-refractivity contribution in [2.24, 2.45) is 11.3 Å². The van der Waals surface area contributed by atoms with Crippen LogP contribution in [0.25, 0.3) is 5.82 Å². The van der Waals surface area contributed by atoms with Gasteiger partial charge in [-0.25, -0.2) is 19.4 Å². The van der Waals surface area contributed by atoms with Gasteiger partial charge in [0.25, 0.3) is 15.9 Å². The van der Waals surface area contributed by atoms with Crippen LogP contribution in [-0.2, 0) is 16.4 Å². The number of carbonyl (C=O) groups is 1. The van der Waals surface area contributed by atoms with Crippen LogP contribution < -0.4 is 14.9 Å². The molecule has 242 valence electrons. The molecule has 1 atom stereocenters. The van der Waals surface area contributed by atoms with Gasteiger partial charge in [-0.2, -0.15) is 26.7 Å². The highest BCUT2D eigenvalue weighted by Crippen LogP contribution is 2.60. The van der Waals surface area contributed by atoms with Crippen molar-refractivity contribution in [2.75, 3.05) is 23.3 Å². The van der Waals surface area contributed by atoms with Crippen LogP contribution >= 0.6 is 0 Å². The number of carbonyl (C=O) groups excluding carboxylic acids is 1. The van der Waals surface area contributed by atoms with E-state index in [9.17, 15) is 26.4 Å². The lowest BCUT2D eigenvalue weighted by Gasteiger charge is -2.34. The number of nitrogens with zero attached hydrogens (tertiary/aromatic N) is 5. The molecule has 10 nitrogen and oxygen atoms in total. The second kappa shape index (κ2) is 11.6. The number of amides is 1. The fourth-order valence-electron chi connectivity index (χ4n) is 6.31. The minimum atomic E-state index is -4.58. The maximum atomic E-state index is 13.6. The first-order chi connectivity index (χ1) is 22.0. The average molecular weight is 648 g/mol. The first-order valence-corrected chi connectivity index (χ1v) is 16.7. The van der Waals surface area contributed by atoms with Gasteiger partial charge in [0, 0.05) is 27.6 Å². The molecule has 3 aliphatic rings. The van der Waals surface area contributed by atoms with Crippen LogP contribution in [0.1, 0.15) is 84.0 Å². The summed E-state index contributed by atoms with van der Waals surface area (Å²) in [7, 11) is -4.31. The lowest BCUT2D eigenvalue weighted by molar-refractivity contribution is -0.189. The molecule has 14 heteroatoms. The predicted molar refractivity (Wildman–Crippen MR) is 163 cm³/mol. The molecule has 1 saturated carbocycles. The van der Waals surface area contributed by atoms with Gasteiger partial charge in [-0.15, -0.1) is 0 Å². The van der Waals surface area contributed by atoms with Gasteiger partial charge in [0.2, 0.25) is 0 Å². The van der Waals surface area contributed by atoms with E-state index >= 15 is 0 Å². The number of sulfonamides is 1. The van der Waals surface area contributed by atoms with Gasteiger partial charge in [-0.05, 0) is 101 Å². The van der Waals surface area contributed by atoms with Crippen molar-refractivity contribution in [1.29, 1.82) is 0 Å². The molecule has 2 fully saturated rings. The summed E-state index contributed by atoms with van der Waals surface area (Å²) in [6.07, 6.45) is -2.89. The molecule has 0 aromatic carbocycles. The minimum Gasteiger partial charge on any atom is -0.370 e. The third-order valence-electron chi connectivity index (χ3n) is 8.89. The van der Waals surface area contributed by atoms with Gasteiger partial charge in [0.15, 0.2) is 10.8 Å². The van der Waals surface area contributed by atoms with Gasteiger partial charge in [-0.3, -0.25) is 4.79 Å². The first kappa shape index (κ1) is 28.8. The Kier molecular flexibility index (Phi) is 7.41. The zero-order valence-corrected chi connectivity index (χ0v) is 26.0. The number of aromatic nitrogens is 4. The van der Waals surface area contributed by atoms with E-state index in [0.717, 1.165) is 19.3 Å². The zero-order chi connectivity index (χ0) is 33.8. The summed E-state index contributed by atoms with van der Waals surface area (Å²) >= 11 is 0. The summed E-state index contributed by atoms with van der Waals surface area (Å²) in [5.74, 6) is 0.526. The molecule has 0 unspecified atom stereocenters. The Morgan fingerprint density at radius 3 is 2.67 bits per heavy atom. The molecule has 6 rings (SSSR count). The van der Waals surface area contributed by atoms with Gasteiger partial charge >= 0.3 is 6.18 Å². The molecule has 1 aliphatic carbocycles. The Labute approximate surface area is 263 Å². The number of rotatable bonds is 6. The molecule has 0 spiro atoms. The van der Waals surface area contributed by atoms with Crippen molar-refractivity contribution in [1.82, 2.24) is 24.5 Å². The van der Waals surface area contributed by atoms with Crippen LogP contribution in [0.4, 0.5) is 24.8 Å². The van der Waals surface area contributed by atoms with E-state index in [1.165, 1.54) is 16.8 Å². The van der Waals surface area contributed by atoms with E-state index in [0.29, 0.717) is 42.2 Å². The summed E-state index contributed by atoms with van der Waals surface area (Å²) in [5, 5.41) is 7.43. The molecular formula is C31H38F3N7O3S. The lowest BCUT2D eigenvalue weighted by Crippen LogP contribution is -2.41. The third-order valence-corrected chi connectivity index (χ3v) is 10.1. The monoisotopic (exact) mass is 647 g/mol. The van der Waals surface area contributed by atoms with E-state index in [1.807, 2.05) is 4.90 Å². The van der Waals surface area contributed by atoms with Crippen LogP contribution in [0, 0.1) is 11.3 Å². The SMILES string of the molecule is [2H]C([2H])(CCCc1ccn(-c2ccc3c(n2)N2C[C@@H](CCCNc4cccc(n4)S(=O)(=O)NC3=O)CC2(C)C)n1)C1(C(F)(F)F)CC1. The Balaban J connectivity index is 1.27. The van der Waals surface area contributed by atoms with Gasteiger partial charge in [0.1, 0.15) is 11.6 Å². The highest BCUT2D eigenvalue weighted by Gasteiger charge is 2.62. The Hall–Kier alpha value is -3.68. The van der Waals surface area contributed by atoms with Gasteiger partial charge in [0.05, 0.1) is 16.7 Å². The van der Waals surface area contributed by atoms with Crippen molar-refractivity contribution in [3.05, 3.63) is 53.9 Å². The van der Waals surface area contributed by atoms with Gasteiger partial charge < -0.3 is 10.2 Å². The van der Waals surface area contributed by atoms with Crippen molar-refractivity contribution in [3.8, 4) is 5.82 Å². The highest BCUT2D eigenvalue weighted by atomic mass is 32.2. The Morgan fingerprint density at radius 1 is 1.11 bits per heavy atom. The maximum Gasteiger partial charge on any atom is 0.394 e. The standard InChI is InChI=1S/C31H38F3N7O3S/c1-29(2)19-21-7-6-17-35-24-9-5-10-26(36-24)45(43,44)39-28(42)23-11-12-25(37-27(23)40(29)20-21)41-18-13-22(38-41)8-3-4-14-30(15-16-30)31(32,33)34/h5,9-13,18,21H,3-4,6-8,14-17,19-20H2,1-2H3,(H,35,36)(H,39,42)/t21-/m0/s1/i14D2. The molecule has 2 N–H and O–H groups in total. The zero-order valence-electron chi connectivity index (χ0n) is 27.2. The smallest absolute Gasteiger partial charge is 0.370 e. The van der Waals surface area contributed by atoms with E-state index in [2.05, 4.69) is 34.0 Å². The maximum absolute atomic E-state index is 13.6. The molecule has 3 aromatic heterocycles. The summed E-state index contributed by atoms with van der Waals surface area (Å²) in [6, 6.07) is 9.32. The molecule has 3 aromatic rings. The molecule has 2 aliphatic heterocycles. The molecule has 4 bridgehead atoms. The topological polar surface area (TPSA) is 122 Å². The number of halogens is 3. The molecule has 0 radical (unpaired) electrons. The number of pyridine rings is 2. The van der Waals surface area contributed by atoms with Crippen molar-refractivity contribution < 1.29 is 29.1 Å². The van der Waals surface area contributed by atoms with Crippen molar-refractivity contribution >= 4 is 27.6 Å². The fraction of sp³-hybridized carbons (Fsp3) is 0.548. The quantitative estimate of drug-likeness (QED) is 0.352. The number of alkyl halides is 3. The normalized spacial score (nSPS) is 23.0. The molecule has 45 heavy (non-hydrogen) atoms. The molecule has 1 saturated heterocycles. The Bertz CT molecular complexity index is 1780. The van der Waals surface area contributed by atoms with E-state index in [4.69, 9.17) is 7.73 Å². The van der Waals surface area contributed by atoms with Crippen molar-refractivity contribution in [3.63, 3.8) is 0 Å². The second-order valence-corrected chi connectivity index (χ2v) is 14.4. The van der Waals surface area contributed by atoms with Crippen LogP contribution in [0.5, 0.6) is 0 Å². The number of anilines is 2. The molecular weight excluding hydrogens is 607 g/mol. The van der Waals surface area contributed by atoms with Crippen LogP contribution in [0.15, 0.2) is 47.6 Å². The summed E-state index contributed by atoms with van der Waals surface area (Å²) in [5.41, 5.74) is -2.03. The summed E-state index contributed by atoms with van der Waals surface area (Å²) < 4.78 is 86.9. The third kappa shape index (κ3) is 6.52. The molecule has 5 heterocycles. The second-order valence-electron chi connectivity index (χ2n) is 12.8. The summed E-state index contributed by atoms with van der Waals surface area (Å²) in [6.45, 7) is 5.33. The number of nitrogens with one attached hydrogen (secondary N) is 2. The number of hydrogen-bond acceptors (Lipinski definition) is 8. The lowest BCUT2D eigenvalue weighted by atomic mass is 9.93. The van der Waals surface area contributed by atoms with Crippen LogP contribution in [0.2, 0.25) is 0 Å². The van der Waals surface area contributed by atoms with Gasteiger partial charge in [-0.1, -0.05) is 12.5 Å². The highest BCUT2D eigenvalue weighted by molar-refractivity contribution is 7.90. The van der Waals surface area contributed by atoms with E-state index in [1.54, 1.807) is 30.5 Å². The molecule has 1 amide bonds. The van der Waals surface area contributed by atoms with Crippen LogP contribution in [-0.4, -0.2) is 58.9 Å². The van der Waals surface area contributed by atoms with E-state index in [-0.39, 0.29) is 42.7 Å². The predicted octanol–water partition coefficient (Wildman–Crippen LogP) is 5.65. The summed E-state index contributed by atoms with van der Waals surface area (Å²) in [4.78, 5) is 24.7. The minimum absolute atomic E-state index is 0.0727. The average Bonchev–Trinajstić information content (AvgIpc) is 3.63. The van der Waals surface area contributed by atoms with E-state index < -0.39 is 39.4 Å². The Morgan fingerprint density at radius 2 is 1.91 bits per heavy atom.